The van der Waals surface area contributed by atoms with Crippen LogP contribution in [0.2, 0.25) is 0 Å². The first-order valence-electron chi connectivity index (χ1n) is 7.79. The third-order valence-electron chi connectivity index (χ3n) is 3.61. The molecule has 22 heavy (non-hydrogen) atoms. The van der Waals surface area contributed by atoms with Gasteiger partial charge in [0.15, 0.2) is 0 Å². The van der Waals surface area contributed by atoms with E-state index in [4.69, 9.17) is 4.74 Å². The molecule has 0 aromatic carbocycles. The molecule has 0 bridgehead atoms. The molecule has 2 rings (SSSR count). The Morgan fingerprint density at radius 3 is 2.64 bits per heavy atom. The molecule has 1 aromatic rings. The summed E-state index contributed by atoms with van der Waals surface area (Å²) in [5, 5.41) is 3.55. The first-order valence-corrected chi connectivity index (χ1v) is 8.60. The van der Waals surface area contributed by atoms with Gasteiger partial charge in [-0.3, -0.25) is 4.79 Å². The molecule has 1 aliphatic carbocycles. The number of thiophene rings is 1. The van der Waals surface area contributed by atoms with Gasteiger partial charge in [-0.15, -0.1) is 11.3 Å². The molecule has 5 nitrogen and oxygen atoms in total. The van der Waals surface area contributed by atoms with Crippen LogP contribution in [0.25, 0.3) is 0 Å². The molecular weight excluding hydrogens is 300 g/mol. The zero-order valence-electron chi connectivity index (χ0n) is 13.5. The minimum Gasteiger partial charge on any atom is -0.462 e. The van der Waals surface area contributed by atoms with Gasteiger partial charge < -0.3 is 15.0 Å². The van der Waals surface area contributed by atoms with E-state index in [1.807, 2.05) is 14.1 Å². The molecule has 0 spiro atoms. The van der Waals surface area contributed by atoms with E-state index in [2.05, 4.69) is 5.32 Å². The van der Waals surface area contributed by atoms with Gasteiger partial charge in [-0.25, -0.2) is 4.79 Å². The molecule has 0 saturated carbocycles. The number of carbonyl (C=O) groups is 2. The smallest absolute Gasteiger partial charge is 0.341 e. The summed E-state index contributed by atoms with van der Waals surface area (Å²) in [6.07, 6.45) is 5.29. The van der Waals surface area contributed by atoms with Crippen molar-refractivity contribution < 1.29 is 14.3 Å². The van der Waals surface area contributed by atoms with E-state index < -0.39 is 0 Å². The number of anilines is 1. The third-order valence-corrected chi connectivity index (χ3v) is 4.82. The van der Waals surface area contributed by atoms with Crippen LogP contribution in [0.3, 0.4) is 0 Å². The van der Waals surface area contributed by atoms with Crippen LogP contribution >= 0.6 is 11.3 Å². The number of fused-ring (bicyclic) bond motifs is 1. The summed E-state index contributed by atoms with van der Waals surface area (Å²) in [4.78, 5) is 27.4. The van der Waals surface area contributed by atoms with Gasteiger partial charge in [0, 0.05) is 4.88 Å². The number of ether oxygens (including phenoxy) is 1. The zero-order valence-corrected chi connectivity index (χ0v) is 14.3. The number of rotatable bonds is 5. The highest BCUT2D eigenvalue weighted by Gasteiger charge is 2.26. The second kappa shape index (κ2) is 7.74. The summed E-state index contributed by atoms with van der Waals surface area (Å²) in [7, 11) is 3.69. The van der Waals surface area contributed by atoms with Gasteiger partial charge in [-0.2, -0.15) is 0 Å². The van der Waals surface area contributed by atoms with Crippen LogP contribution in [0, 0.1) is 0 Å². The average Bonchev–Trinajstić information content (AvgIpc) is 2.60. The summed E-state index contributed by atoms with van der Waals surface area (Å²) in [6.45, 7) is 2.44. The number of likely N-dealkylation sites (N-methyl/N-ethyl adjacent to an activating group) is 1. The van der Waals surface area contributed by atoms with E-state index in [0.29, 0.717) is 23.7 Å². The van der Waals surface area contributed by atoms with Crippen LogP contribution in [0.15, 0.2) is 0 Å². The molecule has 0 fully saturated rings. The Kier molecular flexibility index (Phi) is 5.97. The van der Waals surface area contributed by atoms with Gasteiger partial charge in [0.2, 0.25) is 5.91 Å². The third kappa shape index (κ3) is 4.08. The highest BCUT2D eigenvalue weighted by Crippen LogP contribution is 2.37. The van der Waals surface area contributed by atoms with E-state index in [0.717, 1.165) is 31.2 Å². The molecule has 6 heteroatoms. The van der Waals surface area contributed by atoms with Crippen LogP contribution in [0.5, 0.6) is 0 Å². The largest absolute Gasteiger partial charge is 0.462 e. The number of nitrogens with zero attached hydrogens (tertiary/aromatic N) is 1. The Labute approximate surface area is 135 Å². The number of hydrogen-bond donors (Lipinski definition) is 1. The molecular formula is C16H24N2O3S. The fourth-order valence-electron chi connectivity index (χ4n) is 2.70. The van der Waals surface area contributed by atoms with Crippen LogP contribution in [-0.4, -0.2) is 44.0 Å². The SMILES string of the molecule is CCOC(=O)c1c(NC(=O)CN(C)C)sc2c1CCCCC2. The molecule has 1 aliphatic rings. The van der Waals surface area contributed by atoms with Gasteiger partial charge in [-0.05, 0) is 52.3 Å². The molecule has 0 saturated heterocycles. The standard InChI is InChI=1S/C16H24N2O3S/c1-4-21-16(20)14-11-8-6-5-7-9-12(11)22-15(14)17-13(19)10-18(2)3/h4-10H2,1-3H3,(H,17,19). The van der Waals surface area contributed by atoms with Crippen LogP contribution in [0.1, 0.15) is 47.0 Å². The number of aryl methyl sites for hydroxylation is 1. The maximum absolute atomic E-state index is 12.3. The fraction of sp³-hybridized carbons (Fsp3) is 0.625. The van der Waals surface area contributed by atoms with Crippen LogP contribution in [0.4, 0.5) is 5.00 Å². The summed E-state index contributed by atoms with van der Waals surface area (Å²) in [5.41, 5.74) is 1.66. The molecule has 0 aliphatic heterocycles. The van der Waals surface area contributed by atoms with Crippen LogP contribution < -0.4 is 5.32 Å². The Hall–Kier alpha value is -1.40. The lowest BCUT2D eigenvalue weighted by Gasteiger charge is -2.11. The van der Waals surface area contributed by atoms with Crippen LogP contribution in [-0.2, 0) is 22.4 Å². The molecule has 0 radical (unpaired) electrons. The van der Waals surface area contributed by atoms with Crippen molar-refractivity contribution in [3.05, 3.63) is 16.0 Å². The lowest BCUT2D eigenvalue weighted by Crippen LogP contribution is -2.27. The topological polar surface area (TPSA) is 58.6 Å². The van der Waals surface area contributed by atoms with E-state index in [-0.39, 0.29) is 11.9 Å². The lowest BCUT2D eigenvalue weighted by molar-refractivity contribution is -0.116. The van der Waals surface area contributed by atoms with E-state index in [1.54, 1.807) is 11.8 Å². The van der Waals surface area contributed by atoms with Crippen molar-refractivity contribution in [2.45, 2.75) is 39.0 Å². The van der Waals surface area contributed by atoms with Crippen molar-refractivity contribution in [2.75, 3.05) is 32.6 Å². The van der Waals surface area contributed by atoms with E-state index in [1.165, 1.54) is 22.6 Å². The molecule has 1 N–H and O–H groups in total. The van der Waals surface area contributed by atoms with Gasteiger partial charge in [0.25, 0.3) is 0 Å². The Morgan fingerprint density at radius 1 is 1.23 bits per heavy atom. The minimum absolute atomic E-state index is 0.105. The normalized spacial score (nSPS) is 14.4. The summed E-state index contributed by atoms with van der Waals surface area (Å²) < 4.78 is 5.20. The molecule has 1 heterocycles. The van der Waals surface area contributed by atoms with Crippen molar-refractivity contribution in [1.29, 1.82) is 0 Å². The van der Waals surface area contributed by atoms with Crippen molar-refractivity contribution >= 4 is 28.2 Å². The highest BCUT2D eigenvalue weighted by atomic mass is 32.1. The number of amides is 1. The van der Waals surface area contributed by atoms with Gasteiger partial charge in [0.1, 0.15) is 5.00 Å². The summed E-state index contributed by atoms with van der Waals surface area (Å²) in [6, 6.07) is 0. The van der Waals surface area contributed by atoms with Gasteiger partial charge >= 0.3 is 5.97 Å². The van der Waals surface area contributed by atoms with Crippen molar-refractivity contribution in [3.63, 3.8) is 0 Å². The number of esters is 1. The predicted molar refractivity (Wildman–Crippen MR) is 88.7 cm³/mol. The number of hydrogen-bond acceptors (Lipinski definition) is 5. The second-order valence-electron chi connectivity index (χ2n) is 5.78. The fourth-order valence-corrected chi connectivity index (χ4v) is 4.00. The molecule has 1 aromatic heterocycles. The minimum atomic E-state index is -0.318. The monoisotopic (exact) mass is 324 g/mol. The Morgan fingerprint density at radius 2 is 1.95 bits per heavy atom. The number of carbonyl (C=O) groups excluding carboxylic acids is 2. The summed E-state index contributed by atoms with van der Waals surface area (Å²) in [5.74, 6) is -0.422. The van der Waals surface area contributed by atoms with Crippen molar-refractivity contribution in [1.82, 2.24) is 4.90 Å². The maximum Gasteiger partial charge on any atom is 0.341 e. The molecule has 0 unspecified atom stereocenters. The van der Waals surface area contributed by atoms with Gasteiger partial charge in [-0.1, -0.05) is 6.42 Å². The summed E-state index contributed by atoms with van der Waals surface area (Å²) >= 11 is 1.53. The molecule has 122 valence electrons. The first kappa shape index (κ1) is 17.0. The zero-order chi connectivity index (χ0) is 16.1. The quantitative estimate of drug-likeness (QED) is 0.668. The van der Waals surface area contributed by atoms with Crippen molar-refractivity contribution in [3.8, 4) is 0 Å². The Balaban J connectivity index is 2.31. The Bertz CT molecular complexity index is 552. The maximum atomic E-state index is 12.3. The lowest BCUT2D eigenvalue weighted by atomic mass is 10.1. The van der Waals surface area contributed by atoms with Crippen molar-refractivity contribution in [2.24, 2.45) is 0 Å². The van der Waals surface area contributed by atoms with E-state index >= 15 is 0 Å². The molecule has 0 atom stereocenters. The molecule has 1 amide bonds. The highest BCUT2D eigenvalue weighted by molar-refractivity contribution is 7.17. The van der Waals surface area contributed by atoms with Gasteiger partial charge in [0.05, 0.1) is 18.7 Å². The first-order chi connectivity index (χ1) is 10.5. The average molecular weight is 324 g/mol. The number of nitrogens with one attached hydrogen (secondary N) is 1. The predicted octanol–water partition coefficient (Wildman–Crippen LogP) is 2.69. The van der Waals surface area contributed by atoms with E-state index in [9.17, 15) is 9.59 Å². The second-order valence-corrected chi connectivity index (χ2v) is 6.88.